The molecule has 7 aromatic carbocycles. The molecule has 342 valence electrons. The van der Waals surface area contributed by atoms with Gasteiger partial charge in [-0.25, -0.2) is 0 Å². The molecule has 0 aromatic heterocycles. The van der Waals surface area contributed by atoms with Crippen LogP contribution >= 0.6 is 0 Å². The van der Waals surface area contributed by atoms with Gasteiger partial charge >= 0.3 is 0 Å². The summed E-state index contributed by atoms with van der Waals surface area (Å²) in [6, 6.07) is 57.0. The SMILES string of the molecule is Cc1ccc(-c2cc(C3CCCCC3)cc(C3CCCCC3)c2)cc1-c1cccc(N(c2ccc(-c3cc(C(C)(C)C)cc(C(C)(C)C)c3)cc2)c2ccc3c(c2)C(C)(C)c2ccccc2-3)c1. The van der Waals surface area contributed by atoms with Gasteiger partial charge in [0.05, 0.1) is 0 Å². The molecule has 0 radical (unpaired) electrons. The van der Waals surface area contributed by atoms with Crippen molar-refractivity contribution < 1.29 is 0 Å². The monoisotopic (exact) mass is 880 g/mol. The highest BCUT2D eigenvalue weighted by Crippen LogP contribution is 2.51. The second-order valence-electron chi connectivity index (χ2n) is 23.2. The first-order valence-corrected chi connectivity index (χ1v) is 25.8. The van der Waals surface area contributed by atoms with Gasteiger partial charge in [-0.1, -0.05) is 197 Å². The fraction of sp³-hybridized carbons (Fsp3) is 0.364. The van der Waals surface area contributed by atoms with E-state index >= 15 is 0 Å². The van der Waals surface area contributed by atoms with Gasteiger partial charge in [-0.3, -0.25) is 0 Å². The summed E-state index contributed by atoms with van der Waals surface area (Å²) in [4.78, 5) is 2.49. The number of hydrogen-bond donors (Lipinski definition) is 0. The third-order valence-corrected chi connectivity index (χ3v) is 16.1. The Labute approximate surface area is 403 Å². The Balaban J connectivity index is 1.07. The summed E-state index contributed by atoms with van der Waals surface area (Å²) >= 11 is 0. The Morgan fingerprint density at radius 2 is 0.955 bits per heavy atom. The summed E-state index contributed by atoms with van der Waals surface area (Å²) in [6.45, 7) is 21.0. The molecule has 0 amide bonds. The zero-order chi connectivity index (χ0) is 46.7. The van der Waals surface area contributed by atoms with Crippen LogP contribution in [0.4, 0.5) is 17.1 Å². The summed E-state index contributed by atoms with van der Waals surface area (Å²) < 4.78 is 0. The van der Waals surface area contributed by atoms with Crippen LogP contribution in [0, 0.1) is 6.92 Å². The van der Waals surface area contributed by atoms with E-state index in [0.717, 1.165) is 11.4 Å². The minimum absolute atomic E-state index is 0.0491. The minimum atomic E-state index is -0.106. The van der Waals surface area contributed by atoms with E-state index in [1.807, 2.05) is 0 Å². The van der Waals surface area contributed by atoms with Crippen molar-refractivity contribution in [1.82, 2.24) is 0 Å². The third-order valence-electron chi connectivity index (χ3n) is 16.1. The number of anilines is 3. The fourth-order valence-corrected chi connectivity index (χ4v) is 11.9. The first-order chi connectivity index (χ1) is 32.1. The van der Waals surface area contributed by atoms with E-state index in [2.05, 4.69) is 213 Å². The van der Waals surface area contributed by atoms with Gasteiger partial charge in [-0.2, -0.15) is 0 Å². The average molecular weight is 880 g/mol. The van der Waals surface area contributed by atoms with Crippen molar-refractivity contribution in [2.24, 2.45) is 0 Å². The standard InChI is InChI=1S/C66H73N/c1-44-27-28-48(52-36-50(45-19-12-10-13-20-45)35-51(37-52)46-21-14-11-15-22-46)41-61(44)49-23-18-24-57(40-49)67(58-33-34-60-59-25-16-17-26-62(59)66(8,9)63(60)43-58)56-31-29-47(30-32-56)53-38-54(64(2,3)4)42-55(39-53)65(5,6)7/h16-18,23-43,45-46H,10-15,19-22H2,1-9H3. The third kappa shape index (κ3) is 8.97. The first-order valence-electron chi connectivity index (χ1n) is 25.8. The van der Waals surface area contributed by atoms with E-state index < -0.39 is 0 Å². The van der Waals surface area contributed by atoms with Crippen LogP contribution in [0.2, 0.25) is 0 Å². The van der Waals surface area contributed by atoms with Crippen LogP contribution in [0.15, 0.2) is 146 Å². The van der Waals surface area contributed by atoms with E-state index in [1.54, 1.807) is 11.1 Å². The minimum Gasteiger partial charge on any atom is -0.310 e. The van der Waals surface area contributed by atoms with E-state index in [1.165, 1.54) is 142 Å². The van der Waals surface area contributed by atoms with Gasteiger partial charge in [-0.15, -0.1) is 0 Å². The summed E-state index contributed by atoms with van der Waals surface area (Å²) in [7, 11) is 0. The topological polar surface area (TPSA) is 3.24 Å². The zero-order valence-electron chi connectivity index (χ0n) is 42.0. The van der Waals surface area contributed by atoms with E-state index in [0.29, 0.717) is 11.8 Å². The van der Waals surface area contributed by atoms with Gasteiger partial charge in [0.1, 0.15) is 0 Å². The Hall–Kier alpha value is -5.66. The van der Waals surface area contributed by atoms with Crippen molar-refractivity contribution >= 4 is 17.1 Å². The van der Waals surface area contributed by atoms with Gasteiger partial charge in [0, 0.05) is 22.5 Å². The second-order valence-corrected chi connectivity index (χ2v) is 23.2. The Kier molecular flexibility index (Phi) is 12.0. The molecule has 67 heavy (non-hydrogen) atoms. The van der Waals surface area contributed by atoms with Crippen molar-refractivity contribution in [3.63, 3.8) is 0 Å². The normalized spacial score (nSPS) is 16.4. The van der Waals surface area contributed by atoms with Gasteiger partial charge in [0.25, 0.3) is 0 Å². The average Bonchev–Trinajstić information content (AvgIpc) is 3.57. The lowest BCUT2D eigenvalue weighted by atomic mass is 9.78. The molecular formula is C66H73N. The highest BCUT2D eigenvalue weighted by molar-refractivity contribution is 5.87. The summed E-state index contributed by atoms with van der Waals surface area (Å²) in [5.74, 6) is 1.37. The molecule has 1 nitrogen and oxygen atoms in total. The number of fused-ring (bicyclic) bond motifs is 3. The number of benzene rings is 7. The molecular weight excluding hydrogens is 807 g/mol. The molecule has 10 rings (SSSR count). The zero-order valence-corrected chi connectivity index (χ0v) is 42.0. The predicted molar refractivity (Wildman–Crippen MR) is 289 cm³/mol. The maximum Gasteiger partial charge on any atom is 0.0467 e. The molecule has 0 unspecified atom stereocenters. The van der Waals surface area contributed by atoms with Crippen LogP contribution in [-0.2, 0) is 16.2 Å². The van der Waals surface area contributed by atoms with Crippen molar-refractivity contribution in [3.8, 4) is 44.5 Å². The number of nitrogens with zero attached hydrogens (tertiary/aromatic N) is 1. The lowest BCUT2D eigenvalue weighted by Crippen LogP contribution is -2.16. The van der Waals surface area contributed by atoms with Crippen molar-refractivity contribution in [2.45, 2.75) is 155 Å². The Morgan fingerprint density at radius 1 is 0.403 bits per heavy atom. The molecule has 0 spiro atoms. The lowest BCUT2D eigenvalue weighted by molar-refractivity contribution is 0.435. The number of hydrogen-bond acceptors (Lipinski definition) is 1. The number of rotatable bonds is 8. The molecule has 2 saturated carbocycles. The fourth-order valence-electron chi connectivity index (χ4n) is 11.9. The maximum atomic E-state index is 2.63. The van der Waals surface area contributed by atoms with Crippen LogP contribution in [0.5, 0.6) is 0 Å². The van der Waals surface area contributed by atoms with Crippen molar-refractivity contribution in [2.75, 3.05) is 4.90 Å². The molecule has 1 heteroatoms. The molecule has 0 bridgehead atoms. The molecule has 0 heterocycles. The van der Waals surface area contributed by atoms with E-state index in [-0.39, 0.29) is 16.2 Å². The van der Waals surface area contributed by atoms with Gasteiger partial charge in [-0.05, 0) is 181 Å². The molecule has 0 aliphatic heterocycles. The first kappa shape index (κ1) is 45.1. The van der Waals surface area contributed by atoms with Crippen LogP contribution < -0.4 is 4.90 Å². The van der Waals surface area contributed by atoms with Gasteiger partial charge in [0.2, 0.25) is 0 Å². The molecule has 0 N–H and O–H groups in total. The summed E-state index contributed by atoms with van der Waals surface area (Å²) in [5, 5.41) is 0. The molecule has 0 atom stereocenters. The second kappa shape index (κ2) is 17.8. The molecule has 3 aliphatic rings. The smallest absolute Gasteiger partial charge is 0.0467 e. The van der Waals surface area contributed by atoms with Crippen LogP contribution in [0.3, 0.4) is 0 Å². The van der Waals surface area contributed by atoms with Crippen LogP contribution in [0.1, 0.15) is 170 Å². The quantitative estimate of drug-likeness (QED) is 0.147. The number of aryl methyl sites for hydroxylation is 1. The lowest BCUT2D eigenvalue weighted by Gasteiger charge is -2.29. The Morgan fingerprint density at radius 3 is 1.58 bits per heavy atom. The highest BCUT2D eigenvalue weighted by Gasteiger charge is 2.36. The highest BCUT2D eigenvalue weighted by atomic mass is 15.1. The predicted octanol–water partition coefficient (Wildman–Crippen LogP) is 19.5. The van der Waals surface area contributed by atoms with E-state index in [9.17, 15) is 0 Å². The van der Waals surface area contributed by atoms with Crippen molar-refractivity contribution in [3.05, 3.63) is 185 Å². The molecule has 7 aromatic rings. The van der Waals surface area contributed by atoms with Crippen LogP contribution in [-0.4, -0.2) is 0 Å². The molecule has 2 fully saturated rings. The van der Waals surface area contributed by atoms with Crippen molar-refractivity contribution in [1.29, 1.82) is 0 Å². The van der Waals surface area contributed by atoms with Gasteiger partial charge in [0.15, 0.2) is 0 Å². The molecule has 3 aliphatic carbocycles. The molecule has 0 saturated heterocycles. The van der Waals surface area contributed by atoms with Gasteiger partial charge < -0.3 is 4.90 Å². The Bertz CT molecular complexity index is 2850. The largest absolute Gasteiger partial charge is 0.310 e. The summed E-state index contributed by atoms with van der Waals surface area (Å²) in [5.41, 5.74) is 24.0. The van der Waals surface area contributed by atoms with E-state index in [4.69, 9.17) is 0 Å². The maximum absolute atomic E-state index is 2.63. The van der Waals surface area contributed by atoms with Crippen LogP contribution in [0.25, 0.3) is 44.5 Å². The summed E-state index contributed by atoms with van der Waals surface area (Å²) in [6.07, 6.45) is 13.5.